The number of benzene rings is 1. The Morgan fingerprint density at radius 3 is 2.65 bits per heavy atom. The number of rotatable bonds is 4. The van der Waals surface area contributed by atoms with Crippen molar-refractivity contribution in [1.82, 2.24) is 14.9 Å². The molecule has 3 rings (SSSR count). The molecule has 0 aliphatic rings. The molecule has 1 atom stereocenters. The Morgan fingerprint density at radius 1 is 1.26 bits per heavy atom. The highest BCUT2D eigenvalue weighted by atomic mass is 32.1. The van der Waals surface area contributed by atoms with Gasteiger partial charge in [0.2, 0.25) is 0 Å². The van der Waals surface area contributed by atoms with Crippen molar-refractivity contribution in [2.75, 3.05) is 7.05 Å². The lowest BCUT2D eigenvalue weighted by molar-refractivity contribution is 0.244. The van der Waals surface area contributed by atoms with Gasteiger partial charge in [0.1, 0.15) is 10.7 Å². The van der Waals surface area contributed by atoms with Gasteiger partial charge in [-0.05, 0) is 38.9 Å². The van der Waals surface area contributed by atoms with E-state index in [0.717, 1.165) is 33.0 Å². The van der Waals surface area contributed by atoms with Crippen LogP contribution in [0.1, 0.15) is 34.8 Å². The summed E-state index contributed by atoms with van der Waals surface area (Å²) in [6.07, 6.45) is 0. The molecule has 0 amide bonds. The largest absolute Gasteiger partial charge is 0.309 e. The van der Waals surface area contributed by atoms with E-state index in [9.17, 15) is 4.79 Å². The molecule has 4 nitrogen and oxygen atoms in total. The third kappa shape index (κ3) is 3.07. The molecule has 3 aromatic rings. The number of aromatic amines is 1. The summed E-state index contributed by atoms with van der Waals surface area (Å²) in [6, 6.07) is 10.3. The molecule has 0 saturated heterocycles. The molecular weight excluding hydrogens is 306 g/mol. The number of nitrogens with one attached hydrogen (secondary N) is 1. The number of H-pyrrole nitrogens is 1. The summed E-state index contributed by atoms with van der Waals surface area (Å²) in [5.74, 6) is 0.724. The minimum absolute atomic E-state index is 0.0354. The molecule has 120 valence electrons. The van der Waals surface area contributed by atoms with E-state index in [1.807, 2.05) is 39.1 Å². The van der Waals surface area contributed by atoms with Crippen LogP contribution in [0.15, 0.2) is 35.1 Å². The van der Waals surface area contributed by atoms with Crippen LogP contribution in [0.25, 0.3) is 10.2 Å². The van der Waals surface area contributed by atoms with Gasteiger partial charge < -0.3 is 4.98 Å². The molecule has 0 fully saturated rings. The summed E-state index contributed by atoms with van der Waals surface area (Å²) in [5, 5.41) is 0.731. The highest BCUT2D eigenvalue weighted by molar-refractivity contribution is 7.18. The van der Waals surface area contributed by atoms with E-state index in [-0.39, 0.29) is 11.6 Å². The molecule has 23 heavy (non-hydrogen) atoms. The zero-order valence-electron chi connectivity index (χ0n) is 13.9. The molecule has 0 bridgehead atoms. The van der Waals surface area contributed by atoms with Gasteiger partial charge in [0.05, 0.1) is 11.4 Å². The topological polar surface area (TPSA) is 49.0 Å². The predicted octanol–water partition coefficient (Wildman–Crippen LogP) is 3.79. The molecule has 0 saturated carbocycles. The van der Waals surface area contributed by atoms with Crippen LogP contribution in [0.4, 0.5) is 0 Å². The molecule has 0 spiro atoms. The number of nitrogens with zero attached hydrogens (tertiary/aromatic N) is 2. The van der Waals surface area contributed by atoms with E-state index in [1.165, 1.54) is 5.56 Å². The van der Waals surface area contributed by atoms with Gasteiger partial charge in [-0.25, -0.2) is 4.98 Å². The van der Waals surface area contributed by atoms with Crippen molar-refractivity contribution >= 4 is 21.6 Å². The normalized spacial score (nSPS) is 12.9. The van der Waals surface area contributed by atoms with E-state index in [4.69, 9.17) is 4.98 Å². The van der Waals surface area contributed by atoms with Gasteiger partial charge in [0, 0.05) is 11.4 Å². The molecule has 5 heteroatoms. The minimum Gasteiger partial charge on any atom is -0.309 e. The van der Waals surface area contributed by atoms with E-state index < -0.39 is 0 Å². The Kier molecular flexibility index (Phi) is 4.33. The Bertz CT molecular complexity index is 882. The number of aromatic nitrogens is 2. The SMILES string of the molecule is Cc1sc2nc(C(C)N(C)Cc3ccccc3)[nH]c(=O)c2c1C. The average molecular weight is 327 g/mol. The van der Waals surface area contributed by atoms with E-state index >= 15 is 0 Å². The Hall–Kier alpha value is -1.98. The molecule has 1 aromatic carbocycles. The molecule has 0 aliphatic heterocycles. The van der Waals surface area contributed by atoms with E-state index in [1.54, 1.807) is 11.3 Å². The van der Waals surface area contributed by atoms with Crippen molar-refractivity contribution < 1.29 is 0 Å². The van der Waals surface area contributed by atoms with Gasteiger partial charge >= 0.3 is 0 Å². The lowest BCUT2D eigenvalue weighted by atomic mass is 10.2. The van der Waals surface area contributed by atoms with E-state index in [0.29, 0.717) is 0 Å². The molecule has 0 aliphatic carbocycles. The first-order valence-corrected chi connectivity index (χ1v) is 8.53. The van der Waals surface area contributed by atoms with Crippen LogP contribution in [-0.4, -0.2) is 21.9 Å². The van der Waals surface area contributed by atoms with Crippen LogP contribution in [0, 0.1) is 13.8 Å². The first kappa shape index (κ1) is 15.9. The third-order valence-electron chi connectivity index (χ3n) is 4.39. The van der Waals surface area contributed by atoms with Crippen LogP contribution in [0.2, 0.25) is 0 Å². The standard InChI is InChI=1S/C18H21N3OS/c1-11-13(3)23-18-15(11)17(22)19-16(20-18)12(2)21(4)10-14-8-6-5-7-9-14/h5-9,12H,10H2,1-4H3,(H,19,20,22). The van der Waals surface area contributed by atoms with Gasteiger partial charge in [-0.15, -0.1) is 11.3 Å². The summed E-state index contributed by atoms with van der Waals surface area (Å²) in [6.45, 7) is 6.90. The summed E-state index contributed by atoms with van der Waals surface area (Å²) in [5.41, 5.74) is 2.25. The molecule has 2 heterocycles. The molecule has 1 unspecified atom stereocenters. The Labute approximate surface area is 139 Å². The Morgan fingerprint density at radius 2 is 1.96 bits per heavy atom. The van der Waals surface area contributed by atoms with E-state index in [2.05, 4.69) is 28.9 Å². The van der Waals surface area contributed by atoms with Crippen LogP contribution in [0.3, 0.4) is 0 Å². The third-order valence-corrected chi connectivity index (χ3v) is 5.49. The van der Waals surface area contributed by atoms with Crippen molar-refractivity contribution in [3.05, 3.63) is 62.5 Å². The number of hydrogen-bond donors (Lipinski definition) is 1. The van der Waals surface area contributed by atoms with Gasteiger partial charge in [0.25, 0.3) is 5.56 Å². The zero-order valence-corrected chi connectivity index (χ0v) is 14.7. The van der Waals surface area contributed by atoms with Gasteiger partial charge in [0.15, 0.2) is 0 Å². The number of aryl methyl sites for hydroxylation is 2. The summed E-state index contributed by atoms with van der Waals surface area (Å²) >= 11 is 1.59. The summed E-state index contributed by atoms with van der Waals surface area (Å²) in [4.78, 5) is 24.3. The van der Waals surface area contributed by atoms with Gasteiger partial charge in [-0.1, -0.05) is 30.3 Å². The molecule has 0 radical (unpaired) electrons. The predicted molar refractivity (Wildman–Crippen MR) is 96.0 cm³/mol. The lowest BCUT2D eigenvalue weighted by Gasteiger charge is -2.23. The molecular formula is C18H21N3OS. The average Bonchev–Trinajstić information content (AvgIpc) is 2.82. The number of fused-ring (bicyclic) bond motifs is 1. The highest BCUT2D eigenvalue weighted by Gasteiger charge is 2.18. The second-order valence-corrected chi connectivity index (χ2v) is 7.19. The zero-order chi connectivity index (χ0) is 16.6. The quantitative estimate of drug-likeness (QED) is 0.793. The Balaban J connectivity index is 1.91. The molecule has 2 aromatic heterocycles. The molecule has 1 N–H and O–H groups in total. The van der Waals surface area contributed by atoms with Crippen molar-refractivity contribution in [2.45, 2.75) is 33.4 Å². The van der Waals surface area contributed by atoms with Crippen LogP contribution >= 0.6 is 11.3 Å². The fourth-order valence-corrected chi connectivity index (χ4v) is 3.72. The maximum atomic E-state index is 12.4. The second-order valence-electron chi connectivity index (χ2n) is 5.99. The fraction of sp³-hybridized carbons (Fsp3) is 0.333. The highest BCUT2D eigenvalue weighted by Crippen LogP contribution is 2.27. The van der Waals surface area contributed by atoms with Gasteiger partial charge in [-0.3, -0.25) is 9.69 Å². The maximum absolute atomic E-state index is 12.4. The first-order chi connectivity index (χ1) is 11.0. The smallest absolute Gasteiger partial charge is 0.259 e. The lowest BCUT2D eigenvalue weighted by Crippen LogP contribution is -2.25. The number of thiophene rings is 1. The van der Waals surface area contributed by atoms with Gasteiger partial charge in [-0.2, -0.15) is 0 Å². The fourth-order valence-electron chi connectivity index (χ4n) is 2.69. The van der Waals surface area contributed by atoms with Crippen LogP contribution in [0.5, 0.6) is 0 Å². The van der Waals surface area contributed by atoms with Crippen molar-refractivity contribution in [2.24, 2.45) is 0 Å². The monoisotopic (exact) mass is 327 g/mol. The second kappa shape index (κ2) is 6.26. The van der Waals surface area contributed by atoms with Crippen molar-refractivity contribution in [1.29, 1.82) is 0 Å². The summed E-state index contributed by atoms with van der Waals surface area (Å²) < 4.78 is 0. The first-order valence-electron chi connectivity index (χ1n) is 7.71. The van der Waals surface area contributed by atoms with Crippen LogP contribution in [-0.2, 0) is 6.54 Å². The number of hydrogen-bond acceptors (Lipinski definition) is 4. The van der Waals surface area contributed by atoms with Crippen molar-refractivity contribution in [3.8, 4) is 0 Å². The minimum atomic E-state index is -0.0354. The van der Waals surface area contributed by atoms with Crippen molar-refractivity contribution in [3.63, 3.8) is 0 Å². The maximum Gasteiger partial charge on any atom is 0.259 e. The van der Waals surface area contributed by atoms with Crippen LogP contribution < -0.4 is 5.56 Å². The summed E-state index contributed by atoms with van der Waals surface area (Å²) in [7, 11) is 2.05.